The highest BCUT2D eigenvalue weighted by Crippen LogP contribution is 2.43. The second-order valence-electron chi connectivity index (χ2n) is 26.1. The molecule has 0 aliphatic carbocycles. The standard InChI is InChI=1S/C48H31FN2O.C36H24N2O.C12H8BrF.2CH4.H2/c49-36-21-14-32(15-22-36)33-16-23-38(24-17-33)50(40-27-28-43-42-11-5-7-13-47(42)52-48(43)31-40)39-25-18-34(19-26-39)35-20-29-46-44(30-35)41-10-4-6-12-45(41)51(46)37-8-2-1-3-9-37;1-2-8-28(9-3-1)38-33-12-6-4-10-29(33)32-22-25(16-21-34(32)38)24-14-17-26(18-15-24)37-27-19-20-31-30-11-5-7-13-35(30)39-36(31)23-27;13-11-5-1-9(2-6-11)10-3-7-12(14)8-4-10;;;/h1-31H;1-23,37H;1-8H;2*1H4;1H/i;;;;;1+1. The van der Waals surface area contributed by atoms with Crippen LogP contribution in [0.15, 0.2) is 389 Å². The second-order valence-corrected chi connectivity index (χ2v) is 27.0. The van der Waals surface area contributed by atoms with Crippen molar-refractivity contribution < 1.29 is 19.0 Å². The number of nitrogens with one attached hydrogen (secondary N) is 1. The first kappa shape index (κ1) is 68.1. The molecule has 4 heterocycles. The van der Waals surface area contributed by atoms with E-state index in [1.54, 1.807) is 12.1 Å². The van der Waals surface area contributed by atoms with Crippen LogP contribution in [0.1, 0.15) is 16.3 Å². The van der Waals surface area contributed by atoms with E-state index in [4.69, 9.17) is 8.83 Å². The van der Waals surface area contributed by atoms with E-state index in [9.17, 15) is 8.78 Å². The van der Waals surface area contributed by atoms with Gasteiger partial charge in [0.2, 0.25) is 0 Å². The number of rotatable bonds is 11. The third-order valence-corrected chi connectivity index (χ3v) is 20.2. The molecular weight excluding hydrogens is 1380 g/mol. The number of nitrogens with zero attached hydrogens (tertiary/aromatic N) is 3. The van der Waals surface area contributed by atoms with Crippen molar-refractivity contribution >= 4 is 132 Å². The Hall–Kier alpha value is -13.3. The van der Waals surface area contributed by atoms with Gasteiger partial charge in [-0.25, -0.2) is 8.78 Å². The summed E-state index contributed by atoms with van der Waals surface area (Å²) in [4.78, 5) is 2.25. The van der Waals surface area contributed by atoms with Crippen molar-refractivity contribution in [3.63, 3.8) is 0 Å². The topological polar surface area (TPSA) is 51.4 Å². The predicted octanol–water partition coefficient (Wildman–Crippen LogP) is 29.5. The monoisotopic (exact) mass is 1460 g/mol. The van der Waals surface area contributed by atoms with Crippen molar-refractivity contribution in [2.45, 2.75) is 14.9 Å². The van der Waals surface area contributed by atoms with Crippen LogP contribution in [0.2, 0.25) is 0 Å². The van der Waals surface area contributed by atoms with E-state index in [0.717, 1.165) is 116 Å². The van der Waals surface area contributed by atoms with Crippen LogP contribution < -0.4 is 10.2 Å². The van der Waals surface area contributed by atoms with Gasteiger partial charge in [-0.2, -0.15) is 0 Å². The minimum atomic E-state index is -0.241. The van der Waals surface area contributed by atoms with Gasteiger partial charge in [-0.1, -0.05) is 225 Å². The Bertz CT molecular complexity index is 6510. The van der Waals surface area contributed by atoms with Crippen LogP contribution >= 0.6 is 15.9 Å². The Kier molecular flexibility index (Phi) is 18.7. The number of fused-ring (bicyclic) bond motifs is 12. The number of aromatic nitrogens is 2. The maximum atomic E-state index is 13.6. The minimum absolute atomic E-state index is 0. The van der Waals surface area contributed by atoms with Crippen LogP contribution in [-0.2, 0) is 0 Å². The molecule has 0 atom stereocenters. The predicted molar refractivity (Wildman–Crippen MR) is 452 cm³/mol. The van der Waals surface area contributed by atoms with Gasteiger partial charge in [-0.3, -0.25) is 0 Å². The summed E-state index contributed by atoms with van der Waals surface area (Å²) in [5, 5.41) is 13.0. The van der Waals surface area contributed by atoms with E-state index >= 15 is 0 Å². The molecule has 20 aromatic rings. The first-order valence-corrected chi connectivity index (χ1v) is 35.7. The Labute approximate surface area is 629 Å². The molecular formula is C98H73BrF2N4O2. The van der Waals surface area contributed by atoms with E-state index in [2.05, 4.69) is 302 Å². The Morgan fingerprint density at radius 3 is 1.06 bits per heavy atom. The van der Waals surface area contributed by atoms with Gasteiger partial charge in [0, 0.05) is 101 Å². The molecule has 0 radical (unpaired) electrons. The highest BCUT2D eigenvalue weighted by molar-refractivity contribution is 9.10. The molecule has 4 aromatic heterocycles. The molecule has 0 fully saturated rings. The molecule has 0 aliphatic rings. The van der Waals surface area contributed by atoms with Crippen molar-refractivity contribution in [3.05, 3.63) is 392 Å². The number of para-hydroxylation sites is 6. The smallest absolute Gasteiger partial charge is 0.137 e. The van der Waals surface area contributed by atoms with Crippen molar-refractivity contribution in [2.24, 2.45) is 0 Å². The lowest BCUT2D eigenvalue weighted by atomic mass is 10.0. The lowest BCUT2D eigenvalue weighted by molar-refractivity contribution is 0.627. The maximum Gasteiger partial charge on any atom is 0.137 e. The summed E-state index contributed by atoms with van der Waals surface area (Å²) < 4.78 is 44.4. The number of anilines is 5. The highest BCUT2D eigenvalue weighted by Gasteiger charge is 2.19. The molecule has 6 nitrogen and oxygen atoms in total. The maximum absolute atomic E-state index is 13.6. The molecule has 0 bridgehead atoms. The van der Waals surface area contributed by atoms with Crippen molar-refractivity contribution in [1.82, 2.24) is 9.13 Å². The lowest BCUT2D eigenvalue weighted by Gasteiger charge is -2.26. The summed E-state index contributed by atoms with van der Waals surface area (Å²) >= 11 is 3.37. The number of halogens is 3. The molecule has 16 aromatic carbocycles. The second kappa shape index (κ2) is 29.4. The summed E-state index contributed by atoms with van der Waals surface area (Å²) in [6, 6.07) is 128. The van der Waals surface area contributed by atoms with Gasteiger partial charge in [-0.15, -0.1) is 0 Å². The summed E-state index contributed by atoms with van der Waals surface area (Å²) in [5.41, 5.74) is 24.5. The van der Waals surface area contributed by atoms with Crippen LogP contribution in [0.5, 0.6) is 0 Å². The average Bonchev–Trinajstić information content (AvgIpc) is 1.59. The molecule has 0 amide bonds. The largest absolute Gasteiger partial charge is 0.456 e. The highest BCUT2D eigenvalue weighted by atomic mass is 79.9. The van der Waals surface area contributed by atoms with Crippen LogP contribution in [0.25, 0.3) is 143 Å². The zero-order valence-corrected chi connectivity index (χ0v) is 58.2. The summed E-state index contributed by atoms with van der Waals surface area (Å²) in [6.45, 7) is 0. The molecule has 107 heavy (non-hydrogen) atoms. The van der Waals surface area contributed by atoms with Crippen molar-refractivity contribution in [1.29, 1.82) is 0 Å². The first-order valence-electron chi connectivity index (χ1n) is 34.9. The molecule has 1 N–H and O–H groups in total. The molecule has 0 unspecified atom stereocenters. The SMILES string of the molecule is C.C.Fc1ccc(-c2ccc(Br)cc2)cc1.Fc1ccc(-c2ccc(N(c3ccc(-c4ccc5c(c4)c4ccccc4n5-c4ccccc4)cc3)c3ccc4c(c3)oc3ccccc34)cc2)cc1.[2HH].c1ccc(-n2c3ccccc3c3cc(-c4ccc(Nc5ccc6c(c5)oc5ccccc56)cc4)ccc32)cc1. The van der Waals surface area contributed by atoms with Crippen molar-refractivity contribution in [2.75, 3.05) is 10.2 Å². The van der Waals surface area contributed by atoms with Crippen LogP contribution in [0.3, 0.4) is 0 Å². The molecule has 20 rings (SSSR count). The fourth-order valence-electron chi connectivity index (χ4n) is 14.6. The van der Waals surface area contributed by atoms with Crippen molar-refractivity contribution in [3.8, 4) is 55.9 Å². The molecule has 518 valence electrons. The summed E-state index contributed by atoms with van der Waals surface area (Å²) in [5.74, 6) is -0.444. The average molecular weight is 1460 g/mol. The Balaban J connectivity index is 0.000000146. The third kappa shape index (κ3) is 13.4. The number of furan rings is 2. The molecule has 0 spiro atoms. The van der Waals surface area contributed by atoms with Crippen LogP contribution in [0, 0.1) is 11.6 Å². The summed E-state index contributed by atoms with van der Waals surface area (Å²) in [7, 11) is 0. The van der Waals surface area contributed by atoms with Gasteiger partial charge in [0.25, 0.3) is 0 Å². The van der Waals surface area contributed by atoms with Gasteiger partial charge in [0.1, 0.15) is 34.0 Å². The third-order valence-electron chi connectivity index (χ3n) is 19.7. The normalized spacial score (nSPS) is 11.2. The fraction of sp³-hybridized carbons (Fsp3) is 0.0204. The van der Waals surface area contributed by atoms with Gasteiger partial charge in [0.05, 0.1) is 22.1 Å². The minimum Gasteiger partial charge on any atom is -0.456 e. The van der Waals surface area contributed by atoms with E-state index in [1.807, 2.05) is 72.8 Å². The number of hydrogen-bond acceptors (Lipinski definition) is 4. The van der Waals surface area contributed by atoms with Crippen LogP contribution in [-0.4, -0.2) is 9.13 Å². The van der Waals surface area contributed by atoms with E-state index in [-0.39, 0.29) is 27.9 Å². The molecule has 0 saturated heterocycles. The van der Waals surface area contributed by atoms with Gasteiger partial charge in [0.15, 0.2) is 0 Å². The van der Waals surface area contributed by atoms with E-state index in [0.29, 0.717) is 0 Å². The van der Waals surface area contributed by atoms with Gasteiger partial charge < -0.3 is 28.2 Å². The van der Waals surface area contributed by atoms with E-state index in [1.165, 1.54) is 84.7 Å². The van der Waals surface area contributed by atoms with Crippen LogP contribution in [0.4, 0.5) is 37.2 Å². The number of hydrogen-bond donors (Lipinski definition) is 1. The summed E-state index contributed by atoms with van der Waals surface area (Å²) in [6.07, 6.45) is 0. The number of benzene rings is 16. The molecule has 0 saturated carbocycles. The molecule has 0 aliphatic heterocycles. The first-order chi connectivity index (χ1) is 51.7. The zero-order chi connectivity index (χ0) is 70.3. The lowest BCUT2D eigenvalue weighted by Crippen LogP contribution is -2.09. The quantitative estimate of drug-likeness (QED) is 0.140. The Morgan fingerprint density at radius 1 is 0.262 bits per heavy atom. The van der Waals surface area contributed by atoms with Gasteiger partial charge in [-0.05, 0) is 214 Å². The zero-order valence-electron chi connectivity index (χ0n) is 56.6. The molecule has 9 heteroatoms. The van der Waals surface area contributed by atoms with E-state index < -0.39 is 0 Å². The van der Waals surface area contributed by atoms with Gasteiger partial charge >= 0.3 is 0 Å². The Morgan fingerprint density at radius 2 is 0.589 bits per heavy atom. The fourth-order valence-corrected chi connectivity index (χ4v) is 14.8.